The van der Waals surface area contributed by atoms with Gasteiger partial charge in [0.2, 0.25) is 0 Å². The van der Waals surface area contributed by atoms with E-state index in [0.29, 0.717) is 12.5 Å². The minimum Gasteiger partial charge on any atom is -0.349 e. The molecule has 112 valence electrons. The van der Waals surface area contributed by atoms with Gasteiger partial charge in [-0.3, -0.25) is 4.79 Å². The number of carbonyl (C=O) groups excluding carboxylic acids is 1. The second-order valence-corrected chi connectivity index (χ2v) is 5.78. The van der Waals surface area contributed by atoms with E-state index in [2.05, 4.69) is 24.4 Å². The minimum atomic E-state index is 0. The summed E-state index contributed by atoms with van der Waals surface area (Å²) >= 11 is 0. The maximum atomic E-state index is 12.5. The van der Waals surface area contributed by atoms with Gasteiger partial charge in [-0.15, -0.1) is 12.4 Å². The molecule has 0 heterocycles. The van der Waals surface area contributed by atoms with Crippen molar-refractivity contribution >= 4 is 18.3 Å². The lowest BCUT2D eigenvalue weighted by Crippen LogP contribution is -2.40. The van der Waals surface area contributed by atoms with Crippen molar-refractivity contribution in [2.24, 2.45) is 11.7 Å². The molecule has 1 aliphatic rings. The van der Waals surface area contributed by atoms with Crippen molar-refractivity contribution in [2.45, 2.75) is 46.1 Å². The summed E-state index contributed by atoms with van der Waals surface area (Å²) in [6.07, 6.45) is 3.35. The topological polar surface area (TPSA) is 55.1 Å². The zero-order valence-corrected chi connectivity index (χ0v) is 13.3. The van der Waals surface area contributed by atoms with Crippen molar-refractivity contribution in [1.29, 1.82) is 0 Å². The molecule has 2 rings (SSSR count). The van der Waals surface area contributed by atoms with Crippen LogP contribution in [0.15, 0.2) is 12.1 Å². The Balaban J connectivity index is 0.00000200. The van der Waals surface area contributed by atoms with E-state index in [9.17, 15) is 4.79 Å². The van der Waals surface area contributed by atoms with Gasteiger partial charge in [0.1, 0.15) is 0 Å². The number of benzene rings is 1. The molecule has 1 saturated carbocycles. The van der Waals surface area contributed by atoms with Crippen LogP contribution in [-0.4, -0.2) is 18.5 Å². The fourth-order valence-corrected chi connectivity index (χ4v) is 3.29. The van der Waals surface area contributed by atoms with Crippen molar-refractivity contribution in [3.8, 4) is 0 Å². The molecular weight excluding hydrogens is 272 g/mol. The summed E-state index contributed by atoms with van der Waals surface area (Å²) in [6.45, 7) is 6.73. The quantitative estimate of drug-likeness (QED) is 0.901. The van der Waals surface area contributed by atoms with Gasteiger partial charge in [-0.25, -0.2) is 0 Å². The van der Waals surface area contributed by atoms with E-state index in [1.54, 1.807) is 0 Å². The summed E-state index contributed by atoms with van der Waals surface area (Å²) < 4.78 is 0. The molecule has 1 fully saturated rings. The van der Waals surface area contributed by atoms with E-state index in [4.69, 9.17) is 5.73 Å². The molecule has 0 radical (unpaired) electrons. The molecular formula is C16H25ClN2O. The van der Waals surface area contributed by atoms with Crippen molar-refractivity contribution in [1.82, 2.24) is 5.32 Å². The Labute approximate surface area is 127 Å². The average Bonchev–Trinajstić information content (AvgIpc) is 2.74. The van der Waals surface area contributed by atoms with E-state index < -0.39 is 0 Å². The van der Waals surface area contributed by atoms with E-state index in [-0.39, 0.29) is 24.4 Å². The Morgan fingerprint density at radius 2 is 1.85 bits per heavy atom. The van der Waals surface area contributed by atoms with Gasteiger partial charge in [0.05, 0.1) is 0 Å². The number of halogens is 1. The van der Waals surface area contributed by atoms with Gasteiger partial charge in [0.25, 0.3) is 5.91 Å². The van der Waals surface area contributed by atoms with Crippen molar-refractivity contribution in [3.63, 3.8) is 0 Å². The van der Waals surface area contributed by atoms with Gasteiger partial charge in [-0.2, -0.15) is 0 Å². The van der Waals surface area contributed by atoms with Gasteiger partial charge >= 0.3 is 0 Å². The second kappa shape index (κ2) is 7.09. The first-order chi connectivity index (χ1) is 9.02. The van der Waals surface area contributed by atoms with Crippen LogP contribution in [-0.2, 0) is 0 Å². The molecule has 1 amide bonds. The molecule has 20 heavy (non-hydrogen) atoms. The molecule has 3 N–H and O–H groups in total. The van der Waals surface area contributed by atoms with Crippen molar-refractivity contribution in [2.75, 3.05) is 6.54 Å². The number of carbonyl (C=O) groups is 1. The third-order valence-corrected chi connectivity index (χ3v) is 4.18. The SMILES string of the molecule is Cc1cc(C)c(C(=O)NC2CCCC2CN)c(C)c1.Cl. The Morgan fingerprint density at radius 3 is 2.40 bits per heavy atom. The molecule has 1 aromatic carbocycles. The number of aryl methyl sites for hydroxylation is 3. The summed E-state index contributed by atoms with van der Waals surface area (Å²) in [5.74, 6) is 0.496. The number of rotatable bonds is 3. The minimum absolute atomic E-state index is 0. The Kier molecular flexibility index (Phi) is 6.03. The van der Waals surface area contributed by atoms with Gasteiger partial charge in [-0.1, -0.05) is 24.1 Å². The molecule has 0 bridgehead atoms. The molecule has 0 aromatic heterocycles. The van der Waals surface area contributed by atoms with Gasteiger partial charge < -0.3 is 11.1 Å². The van der Waals surface area contributed by atoms with Crippen molar-refractivity contribution < 1.29 is 4.79 Å². The van der Waals surface area contributed by atoms with Gasteiger partial charge in [-0.05, 0) is 57.2 Å². The fraction of sp³-hybridized carbons (Fsp3) is 0.562. The van der Waals surface area contributed by atoms with E-state index >= 15 is 0 Å². The summed E-state index contributed by atoms with van der Waals surface area (Å²) in [7, 11) is 0. The number of hydrogen-bond donors (Lipinski definition) is 2. The fourth-order valence-electron chi connectivity index (χ4n) is 3.29. The maximum absolute atomic E-state index is 12.5. The first-order valence-corrected chi connectivity index (χ1v) is 7.11. The number of hydrogen-bond acceptors (Lipinski definition) is 2. The van der Waals surface area contributed by atoms with Crippen LogP contribution in [0.4, 0.5) is 0 Å². The molecule has 2 atom stereocenters. The van der Waals surface area contributed by atoms with Crippen LogP contribution in [0.1, 0.15) is 46.3 Å². The smallest absolute Gasteiger partial charge is 0.252 e. The first kappa shape index (κ1) is 17.0. The van der Waals surface area contributed by atoms with E-state index in [0.717, 1.165) is 29.5 Å². The highest BCUT2D eigenvalue weighted by molar-refractivity contribution is 5.97. The molecule has 0 aliphatic heterocycles. The summed E-state index contributed by atoms with van der Waals surface area (Å²) in [5.41, 5.74) is 9.90. The lowest BCUT2D eigenvalue weighted by Gasteiger charge is -2.21. The van der Waals surface area contributed by atoms with Crippen molar-refractivity contribution in [3.05, 3.63) is 34.4 Å². The molecule has 1 aliphatic carbocycles. The average molecular weight is 297 g/mol. The van der Waals surface area contributed by atoms with Crippen LogP contribution in [0.5, 0.6) is 0 Å². The van der Waals surface area contributed by atoms with Gasteiger partial charge in [0, 0.05) is 11.6 Å². The summed E-state index contributed by atoms with van der Waals surface area (Å²) in [4.78, 5) is 12.5. The largest absolute Gasteiger partial charge is 0.349 e. The lowest BCUT2D eigenvalue weighted by molar-refractivity contribution is 0.0927. The van der Waals surface area contributed by atoms with E-state index in [1.807, 2.05) is 13.8 Å². The standard InChI is InChI=1S/C16H24N2O.ClH/c1-10-7-11(2)15(12(3)8-10)16(19)18-14-6-4-5-13(14)9-17;/h7-8,13-14H,4-6,9,17H2,1-3H3,(H,18,19);1H. The molecule has 3 nitrogen and oxygen atoms in total. The Hall–Kier alpha value is -1.06. The van der Waals surface area contributed by atoms with Crippen LogP contribution in [0.2, 0.25) is 0 Å². The highest BCUT2D eigenvalue weighted by Gasteiger charge is 2.28. The first-order valence-electron chi connectivity index (χ1n) is 7.11. The van der Waals surface area contributed by atoms with Gasteiger partial charge in [0.15, 0.2) is 0 Å². The predicted octanol–water partition coefficient (Wildman–Crippen LogP) is 2.89. The predicted molar refractivity (Wildman–Crippen MR) is 85.6 cm³/mol. The second-order valence-electron chi connectivity index (χ2n) is 5.78. The Bertz CT molecular complexity index is 464. The molecule has 2 unspecified atom stereocenters. The zero-order valence-electron chi connectivity index (χ0n) is 12.5. The highest BCUT2D eigenvalue weighted by atomic mass is 35.5. The lowest BCUT2D eigenvalue weighted by atomic mass is 9.98. The Morgan fingerprint density at radius 1 is 1.25 bits per heavy atom. The number of amides is 1. The number of nitrogens with one attached hydrogen (secondary N) is 1. The highest BCUT2D eigenvalue weighted by Crippen LogP contribution is 2.25. The normalized spacial score (nSPS) is 21.4. The number of nitrogens with two attached hydrogens (primary N) is 1. The summed E-state index contributed by atoms with van der Waals surface area (Å²) in [6, 6.07) is 4.38. The van der Waals surface area contributed by atoms with Crippen LogP contribution in [0.3, 0.4) is 0 Å². The van der Waals surface area contributed by atoms with Crippen LogP contribution in [0.25, 0.3) is 0 Å². The third-order valence-electron chi connectivity index (χ3n) is 4.18. The molecule has 4 heteroatoms. The third kappa shape index (κ3) is 3.53. The monoisotopic (exact) mass is 296 g/mol. The van der Waals surface area contributed by atoms with Crippen LogP contribution >= 0.6 is 12.4 Å². The zero-order chi connectivity index (χ0) is 14.0. The van der Waals surface area contributed by atoms with Crippen LogP contribution in [0, 0.1) is 26.7 Å². The van der Waals surface area contributed by atoms with E-state index in [1.165, 1.54) is 12.0 Å². The molecule has 0 spiro atoms. The van der Waals surface area contributed by atoms with Crippen LogP contribution < -0.4 is 11.1 Å². The molecule has 0 saturated heterocycles. The maximum Gasteiger partial charge on any atom is 0.252 e. The molecule has 1 aromatic rings. The summed E-state index contributed by atoms with van der Waals surface area (Å²) in [5, 5.41) is 3.18.